The van der Waals surface area contributed by atoms with Gasteiger partial charge in [-0.2, -0.15) is 0 Å². The van der Waals surface area contributed by atoms with Crippen molar-refractivity contribution in [2.24, 2.45) is 15.4 Å². The van der Waals surface area contributed by atoms with Crippen LogP contribution in [0.15, 0.2) is 9.98 Å². The fourth-order valence-electron chi connectivity index (χ4n) is 0.848. The highest BCUT2D eigenvalue weighted by molar-refractivity contribution is 5.94. The lowest BCUT2D eigenvalue weighted by atomic mass is 9.95. The van der Waals surface area contributed by atoms with E-state index in [0.717, 1.165) is 5.84 Å². The minimum atomic E-state index is 0.0624. The molecule has 0 aromatic heterocycles. The van der Waals surface area contributed by atoms with Crippen LogP contribution in [0.25, 0.3) is 0 Å². The second-order valence-corrected chi connectivity index (χ2v) is 3.80. The van der Waals surface area contributed by atoms with E-state index in [0.29, 0.717) is 0 Å². The SMILES string of the molecule is CC1N=C(C(C)(C)C)N=CN1. The molecule has 1 aliphatic rings. The predicted octanol–water partition coefficient (Wildman–Crippen LogP) is 1.41. The molecule has 3 nitrogen and oxygen atoms in total. The van der Waals surface area contributed by atoms with Crippen LogP contribution in [0.3, 0.4) is 0 Å². The largest absolute Gasteiger partial charge is 0.355 e. The average molecular weight is 153 g/mol. The zero-order valence-electron chi connectivity index (χ0n) is 7.55. The van der Waals surface area contributed by atoms with Gasteiger partial charge in [0.2, 0.25) is 0 Å². The van der Waals surface area contributed by atoms with E-state index in [1.165, 1.54) is 0 Å². The molecule has 1 heterocycles. The van der Waals surface area contributed by atoms with Crippen LogP contribution >= 0.6 is 0 Å². The first kappa shape index (κ1) is 8.24. The van der Waals surface area contributed by atoms with Gasteiger partial charge in [0, 0.05) is 5.41 Å². The molecule has 1 aliphatic heterocycles. The van der Waals surface area contributed by atoms with Crippen LogP contribution in [0.5, 0.6) is 0 Å². The van der Waals surface area contributed by atoms with Crippen molar-refractivity contribution in [2.45, 2.75) is 33.9 Å². The Bertz CT molecular complexity index is 198. The van der Waals surface area contributed by atoms with Crippen molar-refractivity contribution in [2.75, 3.05) is 0 Å². The fraction of sp³-hybridized carbons (Fsp3) is 0.750. The van der Waals surface area contributed by atoms with Gasteiger partial charge in [-0.1, -0.05) is 20.8 Å². The zero-order chi connectivity index (χ0) is 8.48. The molecule has 0 amide bonds. The molecule has 0 aromatic rings. The van der Waals surface area contributed by atoms with Gasteiger partial charge in [-0.3, -0.25) is 0 Å². The second-order valence-electron chi connectivity index (χ2n) is 3.80. The number of nitrogens with one attached hydrogen (secondary N) is 1. The quantitative estimate of drug-likeness (QED) is 0.561. The molecule has 0 radical (unpaired) electrons. The first-order chi connectivity index (χ1) is 5.00. The fourth-order valence-corrected chi connectivity index (χ4v) is 0.848. The van der Waals surface area contributed by atoms with Crippen LogP contribution in [0.2, 0.25) is 0 Å². The summed E-state index contributed by atoms with van der Waals surface area (Å²) in [7, 11) is 0. The Balaban J connectivity index is 2.80. The van der Waals surface area contributed by atoms with E-state index >= 15 is 0 Å². The highest BCUT2D eigenvalue weighted by Crippen LogP contribution is 2.18. The third-order valence-corrected chi connectivity index (χ3v) is 1.49. The first-order valence-corrected chi connectivity index (χ1v) is 3.87. The highest BCUT2D eigenvalue weighted by Gasteiger charge is 2.20. The Kier molecular flexibility index (Phi) is 1.98. The van der Waals surface area contributed by atoms with Gasteiger partial charge >= 0.3 is 0 Å². The Morgan fingerprint density at radius 1 is 1.45 bits per heavy atom. The lowest BCUT2D eigenvalue weighted by Gasteiger charge is -2.22. The summed E-state index contributed by atoms with van der Waals surface area (Å²) >= 11 is 0. The Labute approximate surface area is 67.6 Å². The zero-order valence-corrected chi connectivity index (χ0v) is 7.55. The van der Waals surface area contributed by atoms with Crippen molar-refractivity contribution in [3.05, 3.63) is 0 Å². The summed E-state index contributed by atoms with van der Waals surface area (Å²) in [6, 6.07) is 0. The molecule has 11 heavy (non-hydrogen) atoms. The standard InChI is InChI=1S/C8H15N3/c1-6-9-5-10-7(11-6)8(2,3)4/h5-6H,1-4H3,(H,9,10,11). The van der Waals surface area contributed by atoms with Gasteiger partial charge in [-0.05, 0) is 6.92 Å². The van der Waals surface area contributed by atoms with Gasteiger partial charge in [-0.15, -0.1) is 0 Å². The number of rotatable bonds is 0. The Hall–Kier alpha value is -0.860. The van der Waals surface area contributed by atoms with Crippen LogP contribution in [0, 0.1) is 5.41 Å². The van der Waals surface area contributed by atoms with Crippen molar-refractivity contribution >= 4 is 12.2 Å². The average Bonchev–Trinajstić information content (AvgIpc) is 1.86. The number of hydrogen-bond acceptors (Lipinski definition) is 3. The summed E-state index contributed by atoms with van der Waals surface area (Å²) < 4.78 is 0. The van der Waals surface area contributed by atoms with E-state index in [4.69, 9.17) is 0 Å². The molecular formula is C8H15N3. The molecule has 0 spiro atoms. The maximum Gasteiger partial charge on any atom is 0.132 e. The van der Waals surface area contributed by atoms with Gasteiger partial charge < -0.3 is 5.32 Å². The van der Waals surface area contributed by atoms with E-state index in [9.17, 15) is 0 Å². The molecule has 0 aromatic carbocycles. The van der Waals surface area contributed by atoms with Crippen molar-refractivity contribution in [1.82, 2.24) is 5.32 Å². The smallest absolute Gasteiger partial charge is 0.132 e. The molecule has 1 rings (SSSR count). The van der Waals surface area contributed by atoms with Crippen molar-refractivity contribution in [1.29, 1.82) is 0 Å². The van der Waals surface area contributed by atoms with E-state index in [1.807, 2.05) is 6.92 Å². The molecule has 1 N–H and O–H groups in total. The van der Waals surface area contributed by atoms with Crippen molar-refractivity contribution in [3.63, 3.8) is 0 Å². The van der Waals surface area contributed by atoms with Crippen LogP contribution in [0.1, 0.15) is 27.7 Å². The molecule has 3 heteroatoms. The molecule has 1 atom stereocenters. The van der Waals surface area contributed by atoms with E-state index in [1.54, 1.807) is 6.34 Å². The van der Waals surface area contributed by atoms with Crippen LogP contribution in [-0.2, 0) is 0 Å². The number of amidine groups is 1. The maximum absolute atomic E-state index is 4.36. The minimum Gasteiger partial charge on any atom is -0.355 e. The van der Waals surface area contributed by atoms with Crippen LogP contribution < -0.4 is 5.32 Å². The van der Waals surface area contributed by atoms with E-state index < -0.39 is 0 Å². The number of hydrogen-bond donors (Lipinski definition) is 1. The lowest BCUT2D eigenvalue weighted by molar-refractivity contribution is 0.564. The van der Waals surface area contributed by atoms with E-state index in [-0.39, 0.29) is 11.6 Å². The highest BCUT2D eigenvalue weighted by atomic mass is 15.2. The second kappa shape index (κ2) is 2.64. The summed E-state index contributed by atoms with van der Waals surface area (Å²) in [5, 5.41) is 3.00. The third kappa shape index (κ3) is 2.03. The van der Waals surface area contributed by atoms with Gasteiger partial charge in [0.1, 0.15) is 12.0 Å². The summed E-state index contributed by atoms with van der Waals surface area (Å²) in [5.74, 6) is 0.920. The summed E-state index contributed by atoms with van der Waals surface area (Å²) in [6.45, 7) is 8.35. The third-order valence-electron chi connectivity index (χ3n) is 1.49. The van der Waals surface area contributed by atoms with Gasteiger partial charge in [-0.25, -0.2) is 9.98 Å². The summed E-state index contributed by atoms with van der Waals surface area (Å²) in [6.07, 6.45) is 1.89. The van der Waals surface area contributed by atoms with E-state index in [2.05, 4.69) is 36.1 Å². The predicted molar refractivity (Wildman–Crippen MR) is 48.0 cm³/mol. The molecule has 0 saturated carbocycles. The monoisotopic (exact) mass is 153 g/mol. The van der Waals surface area contributed by atoms with Gasteiger partial charge in [0.25, 0.3) is 0 Å². The minimum absolute atomic E-state index is 0.0624. The molecule has 62 valence electrons. The molecule has 0 aliphatic carbocycles. The Morgan fingerprint density at radius 3 is 2.45 bits per heavy atom. The van der Waals surface area contributed by atoms with Crippen molar-refractivity contribution in [3.8, 4) is 0 Å². The van der Waals surface area contributed by atoms with Crippen LogP contribution in [-0.4, -0.2) is 18.3 Å². The summed E-state index contributed by atoms with van der Waals surface area (Å²) in [4.78, 5) is 8.53. The molecule has 1 unspecified atom stereocenters. The number of aliphatic imine (C=N–C) groups is 2. The number of nitrogens with zero attached hydrogens (tertiary/aromatic N) is 2. The maximum atomic E-state index is 4.36. The van der Waals surface area contributed by atoms with Crippen LogP contribution in [0.4, 0.5) is 0 Å². The van der Waals surface area contributed by atoms with Gasteiger partial charge in [0.15, 0.2) is 0 Å². The molecule has 0 bridgehead atoms. The Morgan fingerprint density at radius 2 is 2.09 bits per heavy atom. The molecule has 0 fully saturated rings. The van der Waals surface area contributed by atoms with Gasteiger partial charge in [0.05, 0.1) is 6.34 Å². The topological polar surface area (TPSA) is 36.8 Å². The lowest BCUT2D eigenvalue weighted by Crippen LogP contribution is -2.32. The van der Waals surface area contributed by atoms with Crippen molar-refractivity contribution < 1.29 is 0 Å². The normalized spacial score (nSPS) is 24.4. The first-order valence-electron chi connectivity index (χ1n) is 3.87. The summed E-state index contributed by atoms with van der Waals surface area (Å²) in [5.41, 5.74) is 0.0624. The molecule has 0 saturated heterocycles. The molecular weight excluding hydrogens is 138 g/mol.